The molecule has 12 aromatic rings. The summed E-state index contributed by atoms with van der Waals surface area (Å²) in [4.78, 5) is 0. The maximum absolute atomic E-state index is 3.30. The number of allylic oxidation sites excluding steroid dienone is 2. The molecule has 0 bridgehead atoms. The molecule has 0 unspecified atom stereocenters. The van der Waals surface area contributed by atoms with Crippen molar-refractivity contribution in [2.45, 2.75) is 25.7 Å². The molecule has 4 aromatic heterocycles. The van der Waals surface area contributed by atoms with Crippen LogP contribution in [0.2, 0.25) is 0 Å². The van der Waals surface area contributed by atoms with Crippen LogP contribution in [0.25, 0.3) is 124 Å². The van der Waals surface area contributed by atoms with E-state index in [-0.39, 0.29) is 0 Å². The number of aromatic nitrogens is 4. The van der Waals surface area contributed by atoms with E-state index in [4.69, 9.17) is 0 Å². The first kappa shape index (κ1) is 39.0. The first-order chi connectivity index (χ1) is 34.7. The van der Waals surface area contributed by atoms with E-state index < -0.39 is 0 Å². The van der Waals surface area contributed by atoms with Gasteiger partial charge in [0.05, 0.1) is 33.3 Å². The fourth-order valence-electron chi connectivity index (χ4n) is 12.1. The normalized spacial score (nSPS) is 13.6. The van der Waals surface area contributed by atoms with Crippen molar-refractivity contribution in [1.82, 2.24) is 18.3 Å². The summed E-state index contributed by atoms with van der Waals surface area (Å²) in [5, 5.41) is 6.27. The number of nitrogens with zero attached hydrogens (tertiary/aromatic N) is 4. The molecule has 4 heteroatoms. The highest BCUT2D eigenvalue weighted by atomic mass is 15.0. The molecular formula is C66H44N4. The second kappa shape index (κ2) is 15.2. The molecule has 0 saturated carbocycles. The van der Waals surface area contributed by atoms with Crippen LogP contribution in [0.5, 0.6) is 0 Å². The Morgan fingerprint density at radius 2 is 0.757 bits per heavy atom. The lowest BCUT2D eigenvalue weighted by atomic mass is 9.97. The topological polar surface area (TPSA) is 19.7 Å². The van der Waals surface area contributed by atoms with E-state index in [2.05, 4.69) is 248 Å². The van der Waals surface area contributed by atoms with Gasteiger partial charge in [0, 0.05) is 83.8 Å². The first-order valence-electron chi connectivity index (χ1n) is 24.5. The van der Waals surface area contributed by atoms with Crippen LogP contribution in [-0.4, -0.2) is 18.3 Å². The number of para-hydroxylation sites is 3. The van der Waals surface area contributed by atoms with E-state index in [0.717, 1.165) is 53.8 Å². The molecule has 3 aliphatic carbocycles. The number of hydrogen-bond acceptors (Lipinski definition) is 0. The van der Waals surface area contributed by atoms with Crippen LogP contribution in [0.3, 0.4) is 0 Å². The zero-order valence-corrected chi connectivity index (χ0v) is 38.4. The molecule has 328 valence electrons. The van der Waals surface area contributed by atoms with Crippen LogP contribution in [0.1, 0.15) is 46.6 Å². The Hall–Kier alpha value is -9.04. The van der Waals surface area contributed by atoms with Gasteiger partial charge in [0.25, 0.3) is 0 Å². The van der Waals surface area contributed by atoms with Crippen LogP contribution in [-0.2, 0) is 12.8 Å². The van der Waals surface area contributed by atoms with Crippen molar-refractivity contribution in [3.63, 3.8) is 0 Å². The second-order valence-electron chi connectivity index (χ2n) is 19.0. The Balaban J connectivity index is 0.835. The fraction of sp³-hybridized carbons (Fsp3) is 0.0606. The molecule has 70 heavy (non-hydrogen) atoms. The first-order valence-corrected chi connectivity index (χ1v) is 24.5. The molecule has 4 nitrogen and oxygen atoms in total. The van der Waals surface area contributed by atoms with E-state index in [1.54, 1.807) is 0 Å². The number of hydrogen-bond donors (Lipinski definition) is 0. The summed E-state index contributed by atoms with van der Waals surface area (Å²) in [6, 6.07) is 67.5. The Bertz CT molecular complexity index is 4360. The van der Waals surface area contributed by atoms with Gasteiger partial charge in [-0.15, -0.1) is 0 Å². The van der Waals surface area contributed by atoms with E-state index in [1.165, 1.54) is 105 Å². The van der Waals surface area contributed by atoms with Crippen LogP contribution in [0.15, 0.2) is 206 Å². The summed E-state index contributed by atoms with van der Waals surface area (Å²) in [6.45, 7) is 0. The molecule has 0 N–H and O–H groups in total. The van der Waals surface area contributed by atoms with E-state index >= 15 is 0 Å². The van der Waals surface area contributed by atoms with Gasteiger partial charge in [-0.3, -0.25) is 0 Å². The summed E-state index contributed by atoms with van der Waals surface area (Å²) in [5.74, 6) is 0. The third-order valence-electron chi connectivity index (χ3n) is 15.1. The lowest BCUT2D eigenvalue weighted by Gasteiger charge is -2.14. The highest BCUT2D eigenvalue weighted by molar-refractivity contribution is 6.11. The monoisotopic (exact) mass is 892 g/mol. The van der Waals surface area contributed by atoms with Crippen LogP contribution in [0, 0.1) is 0 Å². The van der Waals surface area contributed by atoms with Crippen molar-refractivity contribution in [2.75, 3.05) is 0 Å². The smallest absolute Gasteiger partial charge is 0.0631 e. The van der Waals surface area contributed by atoms with E-state index in [0.29, 0.717) is 0 Å². The molecule has 15 rings (SSSR count). The maximum Gasteiger partial charge on any atom is 0.0631 e. The Kier molecular flexibility index (Phi) is 8.49. The average molecular weight is 893 g/mol. The van der Waals surface area contributed by atoms with Crippen LogP contribution < -0.4 is 0 Å². The van der Waals surface area contributed by atoms with Crippen LogP contribution >= 0.6 is 0 Å². The number of rotatable bonds is 6. The predicted molar refractivity (Wildman–Crippen MR) is 293 cm³/mol. The summed E-state index contributed by atoms with van der Waals surface area (Å²) >= 11 is 0. The van der Waals surface area contributed by atoms with Crippen molar-refractivity contribution in [3.05, 3.63) is 239 Å². The second-order valence-corrected chi connectivity index (χ2v) is 19.0. The van der Waals surface area contributed by atoms with Crippen LogP contribution in [0.4, 0.5) is 0 Å². The van der Waals surface area contributed by atoms with Crippen molar-refractivity contribution in [2.24, 2.45) is 0 Å². The zero-order chi connectivity index (χ0) is 45.9. The van der Waals surface area contributed by atoms with Gasteiger partial charge in [0.2, 0.25) is 0 Å². The van der Waals surface area contributed by atoms with Gasteiger partial charge in [0.15, 0.2) is 0 Å². The van der Waals surface area contributed by atoms with E-state index in [1.807, 2.05) is 0 Å². The third kappa shape index (κ3) is 5.79. The Labute approximate surface area is 405 Å². The van der Waals surface area contributed by atoms with Gasteiger partial charge < -0.3 is 18.3 Å². The van der Waals surface area contributed by atoms with Crippen molar-refractivity contribution in [1.29, 1.82) is 0 Å². The SMILES string of the molecule is C1=C=Cc2c(c3cc(-c4ccc5c(c4)c4c(n5-c5ccccc5)CCC=C4)ccc3n2-c2cccc(-n3c4ccccc4c4cc(-c5ccc6c(c5)c5c(n6-c6ccccc6)CCC=C5)ccc43)c2)C=1. The predicted octanol–water partition coefficient (Wildman–Crippen LogP) is 16.7. The van der Waals surface area contributed by atoms with E-state index in [9.17, 15) is 0 Å². The minimum absolute atomic E-state index is 1.03. The summed E-state index contributed by atoms with van der Waals surface area (Å²) in [6.07, 6.45) is 17.7. The highest BCUT2D eigenvalue weighted by Crippen LogP contribution is 2.42. The molecule has 0 amide bonds. The lowest BCUT2D eigenvalue weighted by molar-refractivity contribution is 0.888. The third-order valence-corrected chi connectivity index (χ3v) is 15.1. The Morgan fingerprint density at radius 3 is 1.34 bits per heavy atom. The molecule has 0 spiro atoms. The largest absolute Gasteiger partial charge is 0.313 e. The van der Waals surface area contributed by atoms with Gasteiger partial charge >= 0.3 is 0 Å². The minimum Gasteiger partial charge on any atom is -0.313 e. The average Bonchev–Trinajstić information content (AvgIpc) is 4.15. The molecule has 0 aliphatic heterocycles. The van der Waals surface area contributed by atoms with Gasteiger partial charge in [-0.05, 0) is 151 Å². The van der Waals surface area contributed by atoms with Gasteiger partial charge in [-0.2, -0.15) is 0 Å². The fourth-order valence-corrected chi connectivity index (χ4v) is 12.1. The van der Waals surface area contributed by atoms with Crippen molar-refractivity contribution >= 4 is 78.8 Å². The van der Waals surface area contributed by atoms with Crippen molar-refractivity contribution in [3.8, 4) is 45.0 Å². The summed E-state index contributed by atoms with van der Waals surface area (Å²) < 4.78 is 9.75. The summed E-state index contributed by atoms with van der Waals surface area (Å²) in [7, 11) is 0. The lowest BCUT2D eigenvalue weighted by Crippen LogP contribution is -2.02. The van der Waals surface area contributed by atoms with Crippen molar-refractivity contribution < 1.29 is 0 Å². The highest BCUT2D eigenvalue weighted by Gasteiger charge is 2.23. The standard InChI is InChI=1S/C66H44N4/c1-3-16-47(17-4-1)67-59-26-11-7-22-51(59)55-38-43(30-34-63(55)67)45-32-36-65-57(40-45)53-24-9-13-28-61(53)69(65)49-20-15-21-50(42-49)70-62-29-14-10-25-54(62)58-41-46(33-37-66(58)70)44-31-35-64-56(39-44)52-23-8-12-27-60(52)68(64)48-18-5-2-6-19-48/h1-9,13,15-25,28-42H,11-12,26-27H2. The van der Waals surface area contributed by atoms with Gasteiger partial charge in [-0.1, -0.05) is 121 Å². The zero-order valence-electron chi connectivity index (χ0n) is 38.4. The molecule has 0 saturated heterocycles. The molecule has 4 heterocycles. The van der Waals surface area contributed by atoms with Gasteiger partial charge in [-0.25, -0.2) is 0 Å². The molecule has 0 radical (unpaired) electrons. The molecule has 3 aliphatic rings. The quantitative estimate of drug-likeness (QED) is 0.148. The minimum atomic E-state index is 1.03. The number of benzene rings is 8. The van der Waals surface area contributed by atoms with Gasteiger partial charge in [0.1, 0.15) is 0 Å². The Morgan fingerprint density at radius 1 is 0.314 bits per heavy atom. The summed E-state index contributed by atoms with van der Waals surface area (Å²) in [5.41, 5.74) is 29.8. The number of fused-ring (bicyclic) bond motifs is 12. The molecular weight excluding hydrogens is 849 g/mol. The molecule has 0 atom stereocenters. The maximum atomic E-state index is 3.30. The molecule has 8 aromatic carbocycles. The molecule has 0 fully saturated rings.